The lowest BCUT2D eigenvalue weighted by molar-refractivity contribution is 0.861. The quantitative estimate of drug-likeness (QED) is 0.658. The Kier molecular flexibility index (Phi) is 2.15. The third kappa shape index (κ3) is 1.49. The molecule has 0 saturated heterocycles. The molecule has 0 amide bonds. The van der Waals surface area contributed by atoms with E-state index in [-0.39, 0.29) is 6.04 Å². The topological polar surface area (TPSA) is 38.9 Å². The molecule has 0 spiro atoms. The lowest BCUT2D eigenvalue weighted by atomic mass is 9.98. The van der Waals surface area contributed by atoms with Gasteiger partial charge in [0.05, 0.1) is 5.35 Å². The Balaban J connectivity index is 2.76. The van der Waals surface area contributed by atoms with Gasteiger partial charge in [-0.1, -0.05) is 12.1 Å². The summed E-state index contributed by atoms with van der Waals surface area (Å²) in [4.78, 5) is 4.37. The molecule has 0 fully saturated rings. The minimum absolute atomic E-state index is 0.127. The molecule has 2 heteroatoms. The molecule has 1 atom stereocenters. The van der Waals surface area contributed by atoms with Crippen molar-refractivity contribution in [3.05, 3.63) is 28.9 Å². The first-order chi connectivity index (χ1) is 6.29. The van der Waals surface area contributed by atoms with E-state index < -0.39 is 0 Å². The van der Waals surface area contributed by atoms with Crippen LogP contribution in [0.5, 0.6) is 0 Å². The fraction of sp³-hybridized carbons (Fsp3) is 0.364. The maximum Gasteiger partial charge on any atom is 0.0706 e. The molecule has 2 N–H and O–H groups in total. The number of fused-ring (bicyclic) bond motifs is 1. The summed E-state index contributed by atoms with van der Waals surface area (Å²) in [5, 5.41) is 2.34. The van der Waals surface area contributed by atoms with Crippen LogP contribution >= 0.6 is 0 Å². The van der Waals surface area contributed by atoms with Gasteiger partial charge in [0.15, 0.2) is 0 Å². The van der Waals surface area contributed by atoms with Crippen LogP contribution in [0.1, 0.15) is 19.8 Å². The summed E-state index contributed by atoms with van der Waals surface area (Å²) < 4.78 is 0. The van der Waals surface area contributed by atoms with Gasteiger partial charge in [0, 0.05) is 12.2 Å². The van der Waals surface area contributed by atoms with Gasteiger partial charge in [-0.15, -0.1) is 0 Å². The van der Waals surface area contributed by atoms with E-state index >= 15 is 0 Å². The van der Waals surface area contributed by atoms with E-state index in [2.05, 4.69) is 17.1 Å². The average Bonchev–Trinajstić information content (AvgIpc) is 2.17. The predicted molar refractivity (Wildman–Crippen MR) is 54.2 cm³/mol. The third-order valence-electron chi connectivity index (χ3n) is 2.47. The van der Waals surface area contributed by atoms with E-state index in [9.17, 15) is 0 Å². The van der Waals surface area contributed by atoms with Crippen LogP contribution < -0.4 is 16.3 Å². The molecule has 0 saturated carbocycles. The number of aromatic nitrogens is 1. The molecule has 1 aliphatic carbocycles. The molecule has 0 bridgehead atoms. The predicted octanol–water partition coefficient (Wildman–Crippen LogP) is 0.154. The third-order valence-corrected chi connectivity index (χ3v) is 2.47. The van der Waals surface area contributed by atoms with Crippen LogP contribution in [0.3, 0.4) is 0 Å². The van der Waals surface area contributed by atoms with Gasteiger partial charge >= 0.3 is 0 Å². The smallest absolute Gasteiger partial charge is 0.0706 e. The molecule has 1 aromatic heterocycles. The first kappa shape index (κ1) is 8.45. The average molecular weight is 174 g/mol. The van der Waals surface area contributed by atoms with Crippen molar-refractivity contribution < 1.29 is 0 Å². The highest BCUT2D eigenvalue weighted by Gasteiger charge is 2.08. The van der Waals surface area contributed by atoms with Gasteiger partial charge in [-0.3, -0.25) is 4.98 Å². The first-order valence-corrected chi connectivity index (χ1v) is 4.69. The number of rotatable bonds is 1. The summed E-state index contributed by atoms with van der Waals surface area (Å²) in [5.74, 6) is 0. The molecule has 0 radical (unpaired) electrons. The van der Waals surface area contributed by atoms with Crippen LogP contribution in [0.15, 0.2) is 18.3 Å². The molecular formula is C11H14N2. The van der Waals surface area contributed by atoms with E-state index in [1.165, 1.54) is 10.8 Å². The Morgan fingerprint density at radius 3 is 3.15 bits per heavy atom. The molecule has 2 rings (SSSR count). The number of nitrogens with two attached hydrogens (primary N) is 1. The summed E-state index contributed by atoms with van der Waals surface area (Å²) >= 11 is 0. The van der Waals surface area contributed by atoms with Gasteiger partial charge in [0.1, 0.15) is 0 Å². The second-order valence-corrected chi connectivity index (χ2v) is 3.50. The number of hydrogen-bond donors (Lipinski definition) is 1. The van der Waals surface area contributed by atoms with Crippen molar-refractivity contribution in [3.63, 3.8) is 0 Å². The van der Waals surface area contributed by atoms with E-state index in [1.54, 1.807) is 0 Å². The molecule has 1 unspecified atom stereocenters. The lowest BCUT2D eigenvalue weighted by Crippen LogP contribution is -2.37. The Labute approximate surface area is 77.8 Å². The number of nitrogens with zero attached hydrogens (tertiary/aromatic N) is 1. The highest BCUT2D eigenvalue weighted by atomic mass is 14.7. The zero-order valence-electron chi connectivity index (χ0n) is 7.83. The normalized spacial score (nSPS) is 17.5. The fourth-order valence-corrected chi connectivity index (χ4v) is 1.80. The van der Waals surface area contributed by atoms with E-state index in [1.807, 2.05) is 19.2 Å². The van der Waals surface area contributed by atoms with E-state index in [0.717, 1.165) is 18.2 Å². The molecule has 13 heavy (non-hydrogen) atoms. The first-order valence-electron chi connectivity index (χ1n) is 4.69. The van der Waals surface area contributed by atoms with Gasteiger partial charge < -0.3 is 5.73 Å². The molecule has 2 nitrogen and oxygen atoms in total. The molecular weight excluding hydrogens is 160 g/mol. The van der Waals surface area contributed by atoms with Gasteiger partial charge in [-0.2, -0.15) is 0 Å². The highest BCUT2D eigenvalue weighted by molar-refractivity contribution is 5.53. The fourth-order valence-electron chi connectivity index (χ4n) is 1.80. The second-order valence-electron chi connectivity index (χ2n) is 3.50. The van der Waals surface area contributed by atoms with Crippen LogP contribution in [-0.4, -0.2) is 11.0 Å². The van der Waals surface area contributed by atoms with E-state index in [4.69, 9.17) is 5.73 Å². The summed E-state index contributed by atoms with van der Waals surface area (Å²) in [7, 11) is 0. The van der Waals surface area contributed by atoms with Crippen LogP contribution in [0.2, 0.25) is 0 Å². The molecule has 1 aliphatic rings. The Morgan fingerprint density at radius 2 is 2.38 bits per heavy atom. The van der Waals surface area contributed by atoms with Gasteiger partial charge in [0.2, 0.25) is 0 Å². The SMILES string of the molecule is CC(N)C1=c2ncccc2=CCC1. The van der Waals surface area contributed by atoms with E-state index in [0.29, 0.717) is 0 Å². The van der Waals surface area contributed by atoms with Crippen molar-refractivity contribution in [1.82, 2.24) is 4.98 Å². The number of pyridine rings is 1. The van der Waals surface area contributed by atoms with Crippen LogP contribution in [0.25, 0.3) is 11.6 Å². The van der Waals surface area contributed by atoms with Crippen molar-refractivity contribution >= 4 is 11.6 Å². The highest BCUT2D eigenvalue weighted by Crippen LogP contribution is 2.09. The monoisotopic (exact) mass is 174 g/mol. The standard InChI is InChI=1S/C11H14N2/c1-8(12)10-6-2-4-9-5-3-7-13-11(9)10/h3-5,7-8H,2,6,12H2,1H3. The zero-order valence-corrected chi connectivity index (χ0v) is 7.83. The van der Waals surface area contributed by atoms with Crippen molar-refractivity contribution in [2.24, 2.45) is 5.73 Å². The zero-order chi connectivity index (χ0) is 9.26. The van der Waals surface area contributed by atoms with Crippen LogP contribution in [-0.2, 0) is 0 Å². The van der Waals surface area contributed by atoms with Gasteiger partial charge in [-0.25, -0.2) is 0 Å². The minimum Gasteiger partial charge on any atom is -0.324 e. The van der Waals surface area contributed by atoms with Crippen molar-refractivity contribution in [2.75, 3.05) is 0 Å². The molecule has 1 aromatic rings. The summed E-state index contributed by atoms with van der Waals surface area (Å²) in [6.45, 7) is 2.03. The molecule has 1 heterocycles. The van der Waals surface area contributed by atoms with Crippen molar-refractivity contribution in [2.45, 2.75) is 25.8 Å². The van der Waals surface area contributed by atoms with Crippen molar-refractivity contribution in [1.29, 1.82) is 0 Å². The summed E-state index contributed by atoms with van der Waals surface area (Å²) in [5.41, 5.74) is 7.18. The maximum atomic E-state index is 5.89. The van der Waals surface area contributed by atoms with Crippen LogP contribution in [0, 0.1) is 0 Å². The summed E-state index contributed by atoms with van der Waals surface area (Å²) in [6.07, 6.45) is 6.21. The van der Waals surface area contributed by atoms with Crippen LogP contribution in [0.4, 0.5) is 0 Å². The number of hydrogen-bond acceptors (Lipinski definition) is 2. The lowest BCUT2D eigenvalue weighted by Gasteiger charge is -2.13. The Morgan fingerprint density at radius 1 is 1.54 bits per heavy atom. The maximum absolute atomic E-state index is 5.89. The molecule has 0 aliphatic heterocycles. The largest absolute Gasteiger partial charge is 0.324 e. The minimum atomic E-state index is 0.127. The summed E-state index contributed by atoms with van der Waals surface area (Å²) in [6, 6.07) is 4.20. The molecule has 0 aromatic carbocycles. The Hall–Kier alpha value is -1.15. The Bertz CT molecular complexity index is 418. The molecule has 68 valence electrons. The van der Waals surface area contributed by atoms with Gasteiger partial charge in [0.25, 0.3) is 0 Å². The van der Waals surface area contributed by atoms with Gasteiger partial charge in [-0.05, 0) is 36.6 Å². The second kappa shape index (κ2) is 3.30. The van der Waals surface area contributed by atoms with Crippen molar-refractivity contribution in [3.8, 4) is 0 Å².